The molecule has 0 aromatic rings. The minimum atomic E-state index is 0.356. The maximum atomic E-state index is 6.48. The minimum absolute atomic E-state index is 0.356. The summed E-state index contributed by atoms with van der Waals surface area (Å²) >= 11 is 0. The normalized spacial score (nSPS) is 51.4. The lowest BCUT2D eigenvalue weighted by Gasteiger charge is -2.45. The first-order valence-electron chi connectivity index (χ1n) is 11.2. The quantitative estimate of drug-likeness (QED) is 0.511. The average molecular weight is 349 g/mol. The van der Waals surface area contributed by atoms with Crippen molar-refractivity contribution in [3.05, 3.63) is 0 Å². The molecule has 3 aliphatic carbocycles. The van der Waals surface area contributed by atoms with Gasteiger partial charge >= 0.3 is 0 Å². The summed E-state index contributed by atoms with van der Waals surface area (Å²) in [4.78, 5) is 0. The zero-order valence-electron chi connectivity index (χ0n) is 18.2. The van der Waals surface area contributed by atoms with E-state index in [0.29, 0.717) is 28.5 Å². The Balaban J connectivity index is 1.97. The summed E-state index contributed by atoms with van der Waals surface area (Å²) in [5.41, 5.74) is 1.56. The van der Waals surface area contributed by atoms with Gasteiger partial charge in [0.1, 0.15) is 0 Å². The van der Waals surface area contributed by atoms with Gasteiger partial charge in [-0.1, -0.05) is 41.0 Å². The molecule has 0 radical (unpaired) electrons. The monoisotopic (exact) mass is 348 g/mol. The highest BCUT2D eigenvalue weighted by molar-refractivity contribution is 5.04. The molecule has 7 atom stereocenters. The Labute approximate surface area is 157 Å². The van der Waals surface area contributed by atoms with Crippen LogP contribution in [-0.2, 0) is 4.74 Å². The molecule has 0 saturated heterocycles. The third-order valence-electron chi connectivity index (χ3n) is 7.92. The van der Waals surface area contributed by atoms with Crippen LogP contribution >= 0.6 is 0 Å². The molecule has 3 saturated carbocycles. The van der Waals surface area contributed by atoms with Crippen LogP contribution in [0.1, 0.15) is 106 Å². The van der Waals surface area contributed by atoms with Crippen LogP contribution in [0.4, 0.5) is 0 Å². The second-order valence-electron chi connectivity index (χ2n) is 12.0. The topological polar surface area (TPSA) is 9.23 Å². The van der Waals surface area contributed by atoms with Crippen molar-refractivity contribution < 1.29 is 4.74 Å². The first-order valence-corrected chi connectivity index (χ1v) is 11.2. The van der Waals surface area contributed by atoms with Gasteiger partial charge < -0.3 is 4.74 Å². The van der Waals surface area contributed by atoms with Crippen LogP contribution in [-0.4, -0.2) is 12.2 Å². The highest BCUT2D eigenvalue weighted by Crippen LogP contribution is 2.63. The van der Waals surface area contributed by atoms with Gasteiger partial charge in [-0.15, -0.1) is 0 Å². The van der Waals surface area contributed by atoms with E-state index in [9.17, 15) is 0 Å². The summed E-state index contributed by atoms with van der Waals surface area (Å²) in [5.74, 6) is 2.59. The van der Waals surface area contributed by atoms with Crippen LogP contribution < -0.4 is 0 Å². The molecule has 0 aliphatic heterocycles. The Morgan fingerprint density at radius 1 is 0.800 bits per heavy atom. The van der Waals surface area contributed by atoms with Gasteiger partial charge in [-0.05, 0) is 99.2 Å². The molecule has 146 valence electrons. The zero-order chi connectivity index (χ0) is 18.5. The van der Waals surface area contributed by atoms with Crippen molar-refractivity contribution in [2.75, 3.05) is 0 Å². The van der Waals surface area contributed by atoms with E-state index < -0.39 is 0 Å². The summed E-state index contributed by atoms with van der Waals surface area (Å²) in [5, 5.41) is 0. The Morgan fingerprint density at radius 3 is 2.16 bits per heavy atom. The molecular formula is C24H44O. The van der Waals surface area contributed by atoms with Crippen molar-refractivity contribution in [1.82, 2.24) is 0 Å². The Bertz CT molecular complexity index is 471. The van der Waals surface area contributed by atoms with E-state index in [1.54, 1.807) is 0 Å². The van der Waals surface area contributed by atoms with Crippen molar-refractivity contribution in [3.63, 3.8) is 0 Å². The fourth-order valence-electron chi connectivity index (χ4n) is 8.01. The third-order valence-corrected chi connectivity index (χ3v) is 7.92. The lowest BCUT2D eigenvalue weighted by atomic mass is 9.62. The molecule has 3 rings (SSSR count). The van der Waals surface area contributed by atoms with Crippen molar-refractivity contribution in [3.8, 4) is 0 Å². The van der Waals surface area contributed by atoms with Gasteiger partial charge in [0.05, 0.1) is 12.2 Å². The Hall–Kier alpha value is -0.0400. The van der Waals surface area contributed by atoms with Gasteiger partial charge in [-0.2, -0.15) is 0 Å². The van der Waals surface area contributed by atoms with Crippen molar-refractivity contribution in [1.29, 1.82) is 0 Å². The number of ether oxygens (including phenoxy) is 1. The van der Waals surface area contributed by atoms with Crippen LogP contribution in [0.5, 0.6) is 0 Å². The molecule has 3 aliphatic rings. The molecule has 1 nitrogen and oxygen atoms in total. The van der Waals surface area contributed by atoms with Crippen molar-refractivity contribution >= 4 is 0 Å². The predicted octanol–water partition coefficient (Wildman–Crippen LogP) is 7.24. The molecule has 3 fully saturated rings. The molecule has 0 amide bonds. The van der Waals surface area contributed by atoms with E-state index >= 15 is 0 Å². The van der Waals surface area contributed by atoms with Crippen LogP contribution in [0.15, 0.2) is 0 Å². The molecule has 0 heterocycles. The third kappa shape index (κ3) is 4.45. The fraction of sp³-hybridized carbons (Fsp3) is 1.00. The smallest absolute Gasteiger partial charge is 0.0586 e. The summed E-state index contributed by atoms with van der Waals surface area (Å²) in [7, 11) is 0. The van der Waals surface area contributed by atoms with E-state index in [1.807, 2.05) is 0 Å². The molecule has 1 heteroatoms. The summed E-state index contributed by atoms with van der Waals surface area (Å²) in [6.07, 6.45) is 13.5. The van der Waals surface area contributed by atoms with Gasteiger partial charge in [0.2, 0.25) is 0 Å². The lowest BCUT2D eigenvalue weighted by molar-refractivity contribution is -0.0478. The van der Waals surface area contributed by atoms with Crippen molar-refractivity contribution in [2.45, 2.75) is 118 Å². The summed E-state index contributed by atoms with van der Waals surface area (Å²) in [6, 6.07) is 0. The van der Waals surface area contributed by atoms with Gasteiger partial charge in [0.25, 0.3) is 0 Å². The van der Waals surface area contributed by atoms with Gasteiger partial charge in [-0.3, -0.25) is 0 Å². The van der Waals surface area contributed by atoms with Crippen LogP contribution in [0, 0.1) is 34.0 Å². The van der Waals surface area contributed by atoms with E-state index in [-0.39, 0.29) is 0 Å². The highest BCUT2D eigenvalue weighted by Gasteiger charge is 2.53. The largest absolute Gasteiger partial charge is 0.376 e. The standard InChI is InChI=1S/C24H44O/c1-17(2)25-21-10-19(4)12-22(5)11-18(3)8-9-20-13-23(6,15-22)16-24(20,7)14-21/h17-21H,8-16H2,1-7H3. The second-order valence-corrected chi connectivity index (χ2v) is 12.0. The van der Waals surface area contributed by atoms with Crippen LogP contribution in [0.3, 0.4) is 0 Å². The van der Waals surface area contributed by atoms with Crippen LogP contribution in [0.2, 0.25) is 0 Å². The Morgan fingerprint density at radius 2 is 1.48 bits per heavy atom. The maximum absolute atomic E-state index is 6.48. The molecular weight excluding hydrogens is 304 g/mol. The predicted molar refractivity (Wildman–Crippen MR) is 108 cm³/mol. The fourth-order valence-corrected chi connectivity index (χ4v) is 8.01. The molecule has 0 aromatic carbocycles. The number of hydrogen-bond donors (Lipinski definition) is 0. The number of rotatable bonds is 2. The second kappa shape index (κ2) is 6.84. The molecule has 4 bridgehead atoms. The molecule has 7 unspecified atom stereocenters. The van der Waals surface area contributed by atoms with Gasteiger partial charge in [-0.25, -0.2) is 0 Å². The molecule has 25 heavy (non-hydrogen) atoms. The minimum Gasteiger partial charge on any atom is -0.376 e. The number of fused-ring (bicyclic) bond motifs is 4. The highest BCUT2D eigenvalue weighted by atomic mass is 16.5. The van der Waals surface area contributed by atoms with Crippen molar-refractivity contribution in [2.24, 2.45) is 34.0 Å². The van der Waals surface area contributed by atoms with E-state index in [4.69, 9.17) is 4.74 Å². The maximum Gasteiger partial charge on any atom is 0.0586 e. The van der Waals surface area contributed by atoms with Gasteiger partial charge in [0, 0.05) is 0 Å². The SMILES string of the molecule is CC1CCC2CC3(C)CC(C)(C1)CC(C)CC(OC(C)C)CC2(C)C3. The first kappa shape index (κ1) is 19.7. The molecule has 0 aromatic heterocycles. The van der Waals surface area contributed by atoms with Crippen LogP contribution in [0.25, 0.3) is 0 Å². The Kier molecular flexibility index (Phi) is 5.40. The number of hydrogen-bond acceptors (Lipinski definition) is 1. The summed E-state index contributed by atoms with van der Waals surface area (Å²) < 4.78 is 6.48. The molecule has 0 spiro atoms. The lowest BCUT2D eigenvalue weighted by Crippen LogP contribution is -2.36. The van der Waals surface area contributed by atoms with E-state index in [0.717, 1.165) is 17.8 Å². The van der Waals surface area contributed by atoms with E-state index in [1.165, 1.54) is 57.8 Å². The summed E-state index contributed by atoms with van der Waals surface area (Å²) in [6.45, 7) is 17.3. The van der Waals surface area contributed by atoms with E-state index in [2.05, 4.69) is 48.5 Å². The molecule has 0 N–H and O–H groups in total. The average Bonchev–Trinajstić information content (AvgIpc) is 2.64. The zero-order valence-corrected chi connectivity index (χ0v) is 18.2. The van der Waals surface area contributed by atoms with Gasteiger partial charge in [0.15, 0.2) is 0 Å². The first-order chi connectivity index (χ1) is 11.5.